The number of nitrogens with one attached hydrogen (secondary N) is 1. The molecule has 0 radical (unpaired) electrons. The maximum atomic E-state index is 6.01. The lowest BCUT2D eigenvalue weighted by Crippen LogP contribution is -2.25. The van der Waals surface area contributed by atoms with Crippen LogP contribution in [-0.4, -0.2) is 0 Å². The van der Waals surface area contributed by atoms with E-state index in [1.165, 1.54) is 0 Å². The minimum atomic E-state index is 0.0955. The standard InChI is InChI=1S/C9H13ClN2/c1-6-3-4-8(7(2)12-11)9(10)5-6/h3-5,7,12H,11H2,1-2H3. The van der Waals surface area contributed by atoms with Gasteiger partial charge in [-0.15, -0.1) is 0 Å². The van der Waals surface area contributed by atoms with E-state index in [2.05, 4.69) is 5.43 Å². The van der Waals surface area contributed by atoms with Crippen molar-refractivity contribution in [3.05, 3.63) is 34.3 Å². The predicted molar refractivity (Wildman–Crippen MR) is 51.9 cm³/mol. The van der Waals surface area contributed by atoms with Gasteiger partial charge in [0, 0.05) is 11.1 Å². The predicted octanol–water partition coefficient (Wildman–Crippen LogP) is 2.17. The van der Waals surface area contributed by atoms with Crippen LogP contribution in [0.5, 0.6) is 0 Å². The van der Waals surface area contributed by atoms with Gasteiger partial charge in [0.15, 0.2) is 0 Å². The summed E-state index contributed by atoms with van der Waals surface area (Å²) in [6, 6.07) is 6.04. The number of aryl methyl sites for hydroxylation is 1. The lowest BCUT2D eigenvalue weighted by molar-refractivity contribution is 0.602. The summed E-state index contributed by atoms with van der Waals surface area (Å²) < 4.78 is 0. The van der Waals surface area contributed by atoms with E-state index in [0.29, 0.717) is 0 Å². The van der Waals surface area contributed by atoms with Crippen molar-refractivity contribution in [2.75, 3.05) is 0 Å². The molecule has 3 N–H and O–H groups in total. The van der Waals surface area contributed by atoms with E-state index < -0.39 is 0 Å². The molecule has 0 aromatic heterocycles. The van der Waals surface area contributed by atoms with Crippen LogP contribution in [0.15, 0.2) is 18.2 Å². The molecule has 12 heavy (non-hydrogen) atoms. The summed E-state index contributed by atoms with van der Waals surface area (Å²) in [7, 11) is 0. The molecule has 0 spiro atoms. The molecule has 0 saturated heterocycles. The Hall–Kier alpha value is -0.570. The minimum absolute atomic E-state index is 0.0955. The zero-order valence-corrected chi connectivity index (χ0v) is 8.02. The van der Waals surface area contributed by atoms with Gasteiger partial charge in [0.1, 0.15) is 0 Å². The summed E-state index contributed by atoms with van der Waals surface area (Å²) >= 11 is 6.01. The summed E-state index contributed by atoms with van der Waals surface area (Å²) in [5.74, 6) is 5.30. The van der Waals surface area contributed by atoms with Gasteiger partial charge in [0.05, 0.1) is 0 Å². The minimum Gasteiger partial charge on any atom is -0.271 e. The monoisotopic (exact) mass is 184 g/mol. The molecular weight excluding hydrogens is 172 g/mol. The summed E-state index contributed by atoms with van der Waals surface area (Å²) in [5.41, 5.74) is 4.85. The molecule has 1 rings (SSSR count). The van der Waals surface area contributed by atoms with Crippen molar-refractivity contribution in [3.63, 3.8) is 0 Å². The molecule has 0 bridgehead atoms. The molecule has 1 aromatic carbocycles. The van der Waals surface area contributed by atoms with E-state index in [1.807, 2.05) is 32.0 Å². The summed E-state index contributed by atoms with van der Waals surface area (Å²) in [6.07, 6.45) is 0. The Balaban J connectivity index is 3.01. The van der Waals surface area contributed by atoms with Gasteiger partial charge in [-0.3, -0.25) is 11.3 Å². The van der Waals surface area contributed by atoms with Crippen LogP contribution in [0.25, 0.3) is 0 Å². The number of hydrogen-bond acceptors (Lipinski definition) is 2. The second-order valence-electron chi connectivity index (χ2n) is 2.91. The fraction of sp³-hybridized carbons (Fsp3) is 0.333. The Morgan fingerprint density at radius 1 is 1.50 bits per heavy atom. The number of rotatable bonds is 2. The molecule has 0 aliphatic carbocycles. The number of benzene rings is 1. The molecule has 1 atom stereocenters. The Morgan fingerprint density at radius 2 is 2.17 bits per heavy atom. The summed E-state index contributed by atoms with van der Waals surface area (Å²) in [5, 5.41) is 0.764. The van der Waals surface area contributed by atoms with E-state index in [4.69, 9.17) is 17.4 Å². The molecule has 0 amide bonds. The highest BCUT2D eigenvalue weighted by atomic mass is 35.5. The van der Waals surface area contributed by atoms with Crippen LogP contribution in [0.1, 0.15) is 24.1 Å². The van der Waals surface area contributed by atoms with Crippen molar-refractivity contribution in [2.45, 2.75) is 19.9 Å². The summed E-state index contributed by atoms with van der Waals surface area (Å²) in [6.45, 7) is 3.98. The van der Waals surface area contributed by atoms with Crippen LogP contribution in [0.3, 0.4) is 0 Å². The van der Waals surface area contributed by atoms with Gasteiger partial charge in [-0.2, -0.15) is 0 Å². The average Bonchev–Trinajstić information content (AvgIpc) is 2.03. The Labute approximate surface area is 77.7 Å². The molecule has 0 fully saturated rings. The van der Waals surface area contributed by atoms with Crippen molar-refractivity contribution < 1.29 is 0 Å². The number of nitrogens with two attached hydrogens (primary N) is 1. The van der Waals surface area contributed by atoms with E-state index in [1.54, 1.807) is 0 Å². The lowest BCUT2D eigenvalue weighted by atomic mass is 10.1. The van der Waals surface area contributed by atoms with E-state index in [0.717, 1.165) is 16.1 Å². The van der Waals surface area contributed by atoms with Crippen LogP contribution in [-0.2, 0) is 0 Å². The van der Waals surface area contributed by atoms with Crippen LogP contribution in [0.2, 0.25) is 5.02 Å². The molecular formula is C9H13ClN2. The fourth-order valence-corrected chi connectivity index (χ4v) is 1.47. The third-order valence-electron chi connectivity index (χ3n) is 1.87. The zero-order valence-electron chi connectivity index (χ0n) is 7.26. The van der Waals surface area contributed by atoms with Gasteiger partial charge >= 0.3 is 0 Å². The molecule has 0 aliphatic rings. The zero-order chi connectivity index (χ0) is 9.14. The van der Waals surface area contributed by atoms with Crippen molar-refractivity contribution in [2.24, 2.45) is 5.84 Å². The third kappa shape index (κ3) is 1.97. The topological polar surface area (TPSA) is 38.0 Å². The first-order valence-electron chi connectivity index (χ1n) is 3.87. The highest BCUT2D eigenvalue weighted by Crippen LogP contribution is 2.22. The Morgan fingerprint density at radius 3 is 2.67 bits per heavy atom. The normalized spacial score (nSPS) is 13.0. The van der Waals surface area contributed by atoms with Gasteiger partial charge in [0.2, 0.25) is 0 Å². The van der Waals surface area contributed by atoms with E-state index >= 15 is 0 Å². The van der Waals surface area contributed by atoms with Crippen LogP contribution in [0.4, 0.5) is 0 Å². The van der Waals surface area contributed by atoms with Crippen molar-refractivity contribution in [3.8, 4) is 0 Å². The average molecular weight is 185 g/mol. The fourth-order valence-electron chi connectivity index (χ4n) is 1.07. The Kier molecular flexibility index (Phi) is 3.09. The summed E-state index contributed by atoms with van der Waals surface area (Å²) in [4.78, 5) is 0. The molecule has 2 nitrogen and oxygen atoms in total. The molecule has 66 valence electrons. The highest BCUT2D eigenvalue weighted by Gasteiger charge is 2.06. The number of halogens is 1. The quantitative estimate of drug-likeness (QED) is 0.546. The van der Waals surface area contributed by atoms with Gasteiger partial charge in [-0.25, -0.2) is 0 Å². The van der Waals surface area contributed by atoms with Gasteiger partial charge in [0.25, 0.3) is 0 Å². The second kappa shape index (κ2) is 3.90. The van der Waals surface area contributed by atoms with Crippen LogP contribution in [0, 0.1) is 6.92 Å². The SMILES string of the molecule is Cc1ccc(C(C)NN)c(Cl)c1. The van der Waals surface area contributed by atoms with Crippen molar-refractivity contribution in [1.82, 2.24) is 5.43 Å². The van der Waals surface area contributed by atoms with Gasteiger partial charge in [-0.1, -0.05) is 23.7 Å². The van der Waals surface area contributed by atoms with Crippen molar-refractivity contribution >= 4 is 11.6 Å². The lowest BCUT2D eigenvalue weighted by Gasteiger charge is -2.12. The molecule has 0 saturated carbocycles. The molecule has 0 heterocycles. The number of hydrazine groups is 1. The first-order chi connectivity index (χ1) is 5.65. The maximum Gasteiger partial charge on any atom is 0.0456 e. The highest BCUT2D eigenvalue weighted by molar-refractivity contribution is 6.31. The molecule has 1 aromatic rings. The van der Waals surface area contributed by atoms with E-state index in [-0.39, 0.29) is 6.04 Å². The third-order valence-corrected chi connectivity index (χ3v) is 2.20. The first kappa shape index (κ1) is 9.52. The Bertz CT molecular complexity index is 273. The van der Waals surface area contributed by atoms with Crippen LogP contribution >= 0.6 is 11.6 Å². The largest absolute Gasteiger partial charge is 0.271 e. The second-order valence-corrected chi connectivity index (χ2v) is 3.32. The van der Waals surface area contributed by atoms with Gasteiger partial charge in [-0.05, 0) is 31.0 Å². The van der Waals surface area contributed by atoms with Crippen LogP contribution < -0.4 is 11.3 Å². The first-order valence-corrected chi connectivity index (χ1v) is 4.25. The van der Waals surface area contributed by atoms with Crippen molar-refractivity contribution in [1.29, 1.82) is 0 Å². The van der Waals surface area contributed by atoms with Gasteiger partial charge < -0.3 is 0 Å². The molecule has 1 unspecified atom stereocenters. The molecule has 3 heteroatoms. The molecule has 0 aliphatic heterocycles. The van der Waals surface area contributed by atoms with E-state index in [9.17, 15) is 0 Å². The maximum absolute atomic E-state index is 6.01. The number of hydrogen-bond donors (Lipinski definition) is 2. The smallest absolute Gasteiger partial charge is 0.0456 e.